The van der Waals surface area contributed by atoms with E-state index in [2.05, 4.69) is 31.3 Å². The molecule has 0 atom stereocenters. The lowest BCUT2D eigenvalue weighted by Gasteiger charge is -2.09. The topological polar surface area (TPSA) is 64.6 Å². The second-order valence-corrected chi connectivity index (χ2v) is 6.61. The van der Waals surface area contributed by atoms with E-state index in [0.29, 0.717) is 18.2 Å². The van der Waals surface area contributed by atoms with Crippen molar-refractivity contribution in [3.8, 4) is 5.75 Å². The fourth-order valence-electron chi connectivity index (χ4n) is 2.49. The number of benzene rings is 2. The summed E-state index contributed by atoms with van der Waals surface area (Å²) in [6, 6.07) is 17.7. The molecule has 2 rings (SSSR count). The Morgan fingerprint density at radius 2 is 1.67 bits per heavy atom. The Balaban J connectivity index is 1.57. The minimum atomic E-state index is -0.567. The van der Waals surface area contributed by atoms with Gasteiger partial charge in [0, 0.05) is 6.54 Å². The van der Waals surface area contributed by atoms with Crippen molar-refractivity contribution in [1.29, 1.82) is 0 Å². The summed E-state index contributed by atoms with van der Waals surface area (Å²) in [5, 5.41) is 2.74. The largest absolute Gasteiger partial charge is 0.482 e. The predicted octanol–water partition coefficient (Wildman–Crippen LogP) is 3.48. The quantitative estimate of drug-likeness (QED) is 0.514. The van der Waals surface area contributed by atoms with Crippen molar-refractivity contribution in [2.75, 3.05) is 19.8 Å². The summed E-state index contributed by atoms with van der Waals surface area (Å²) in [6.07, 6.45) is 1.73. The van der Waals surface area contributed by atoms with Crippen LogP contribution in [-0.2, 0) is 20.7 Å². The van der Waals surface area contributed by atoms with Gasteiger partial charge in [-0.2, -0.15) is 0 Å². The number of carbonyl (C=O) groups excluding carboxylic acids is 2. The number of rotatable bonds is 10. The Bertz CT molecular complexity index is 711. The van der Waals surface area contributed by atoms with E-state index in [9.17, 15) is 9.59 Å². The van der Waals surface area contributed by atoms with Gasteiger partial charge in [-0.3, -0.25) is 4.79 Å². The van der Waals surface area contributed by atoms with E-state index in [0.717, 1.165) is 12.8 Å². The molecule has 0 aliphatic carbocycles. The van der Waals surface area contributed by atoms with Crippen molar-refractivity contribution in [3.05, 3.63) is 65.7 Å². The number of nitrogens with one attached hydrogen (secondary N) is 1. The predicted molar refractivity (Wildman–Crippen MR) is 105 cm³/mol. The summed E-state index contributed by atoms with van der Waals surface area (Å²) in [5.41, 5.74) is 2.44. The molecule has 1 N–H and O–H groups in total. The zero-order valence-electron chi connectivity index (χ0n) is 15.9. The number of amides is 1. The van der Waals surface area contributed by atoms with Crippen molar-refractivity contribution in [1.82, 2.24) is 5.32 Å². The minimum Gasteiger partial charge on any atom is -0.482 e. The van der Waals surface area contributed by atoms with Crippen LogP contribution in [0.25, 0.3) is 0 Å². The fourth-order valence-corrected chi connectivity index (χ4v) is 2.49. The third kappa shape index (κ3) is 7.94. The lowest BCUT2D eigenvalue weighted by molar-refractivity contribution is -0.150. The molecule has 0 aliphatic heterocycles. The van der Waals surface area contributed by atoms with Gasteiger partial charge in [0.15, 0.2) is 13.2 Å². The summed E-state index contributed by atoms with van der Waals surface area (Å²) < 4.78 is 10.3. The fraction of sp³-hybridized carbons (Fsp3) is 0.364. The van der Waals surface area contributed by atoms with Crippen molar-refractivity contribution >= 4 is 11.9 Å². The molecule has 144 valence electrons. The van der Waals surface area contributed by atoms with E-state index in [1.165, 1.54) is 11.1 Å². The monoisotopic (exact) mass is 369 g/mol. The molecular weight excluding hydrogens is 342 g/mol. The van der Waals surface area contributed by atoms with Crippen LogP contribution in [0.4, 0.5) is 0 Å². The minimum absolute atomic E-state index is 0.220. The lowest BCUT2D eigenvalue weighted by Crippen LogP contribution is -2.30. The zero-order valence-corrected chi connectivity index (χ0v) is 15.9. The van der Waals surface area contributed by atoms with E-state index in [-0.39, 0.29) is 19.1 Å². The SMILES string of the molecule is CC(C)c1ccc(OCC(=O)OCC(=O)NCCCc2ccccc2)cc1. The van der Waals surface area contributed by atoms with Crippen LogP contribution in [0.5, 0.6) is 5.75 Å². The second kappa shape index (κ2) is 11.0. The summed E-state index contributed by atoms with van der Waals surface area (Å²) in [7, 11) is 0. The van der Waals surface area contributed by atoms with E-state index in [4.69, 9.17) is 9.47 Å². The maximum absolute atomic E-state index is 11.7. The second-order valence-electron chi connectivity index (χ2n) is 6.61. The van der Waals surface area contributed by atoms with Gasteiger partial charge in [-0.15, -0.1) is 0 Å². The molecule has 0 aliphatic rings. The van der Waals surface area contributed by atoms with E-state index in [1.807, 2.05) is 42.5 Å². The molecule has 0 aromatic heterocycles. The molecule has 0 saturated carbocycles. The number of ether oxygens (including phenoxy) is 2. The molecule has 0 heterocycles. The first-order valence-corrected chi connectivity index (χ1v) is 9.23. The van der Waals surface area contributed by atoms with Gasteiger partial charge in [0.1, 0.15) is 5.75 Å². The lowest BCUT2D eigenvalue weighted by atomic mass is 10.0. The number of hydrogen-bond donors (Lipinski definition) is 1. The third-order valence-corrected chi connectivity index (χ3v) is 4.07. The molecule has 0 saturated heterocycles. The first kappa shape index (κ1) is 20.5. The van der Waals surface area contributed by atoms with Gasteiger partial charge >= 0.3 is 5.97 Å². The molecule has 5 heteroatoms. The summed E-state index contributed by atoms with van der Waals surface area (Å²) in [5.74, 6) is 0.164. The molecular formula is C22H27NO4. The van der Waals surface area contributed by atoms with Crippen molar-refractivity contribution < 1.29 is 19.1 Å². The maximum atomic E-state index is 11.7. The number of carbonyl (C=O) groups is 2. The van der Waals surface area contributed by atoms with E-state index < -0.39 is 5.97 Å². The van der Waals surface area contributed by atoms with Crippen LogP contribution in [0.15, 0.2) is 54.6 Å². The summed E-state index contributed by atoms with van der Waals surface area (Å²) >= 11 is 0. The highest BCUT2D eigenvalue weighted by molar-refractivity contribution is 5.80. The molecule has 0 radical (unpaired) electrons. The van der Waals surface area contributed by atoms with Crippen LogP contribution in [0.3, 0.4) is 0 Å². The highest BCUT2D eigenvalue weighted by Crippen LogP contribution is 2.18. The molecule has 0 unspecified atom stereocenters. The van der Waals surface area contributed by atoms with Gasteiger partial charge in [-0.1, -0.05) is 56.3 Å². The summed E-state index contributed by atoms with van der Waals surface area (Å²) in [4.78, 5) is 23.4. The number of aryl methyl sites for hydroxylation is 1. The average Bonchev–Trinajstić information content (AvgIpc) is 2.69. The standard InChI is InChI=1S/C22H27NO4/c1-17(2)19-10-12-20(13-11-19)26-16-22(25)27-15-21(24)23-14-6-9-18-7-4-3-5-8-18/h3-5,7-8,10-13,17H,6,9,14-16H2,1-2H3,(H,23,24). The average molecular weight is 369 g/mol. The normalized spacial score (nSPS) is 10.5. The van der Waals surface area contributed by atoms with Gasteiger partial charge in [-0.05, 0) is 42.0 Å². The zero-order chi connectivity index (χ0) is 19.5. The summed E-state index contributed by atoms with van der Waals surface area (Å²) in [6.45, 7) is 4.26. The van der Waals surface area contributed by atoms with Crippen LogP contribution in [0.1, 0.15) is 37.3 Å². The Morgan fingerprint density at radius 1 is 0.963 bits per heavy atom. The smallest absolute Gasteiger partial charge is 0.344 e. The molecule has 5 nitrogen and oxygen atoms in total. The molecule has 0 spiro atoms. The molecule has 27 heavy (non-hydrogen) atoms. The Hall–Kier alpha value is -2.82. The molecule has 2 aromatic carbocycles. The number of esters is 1. The highest BCUT2D eigenvalue weighted by atomic mass is 16.6. The van der Waals surface area contributed by atoms with Gasteiger partial charge in [0.05, 0.1) is 0 Å². The first-order valence-electron chi connectivity index (χ1n) is 9.23. The molecule has 0 fully saturated rings. The van der Waals surface area contributed by atoms with Gasteiger partial charge < -0.3 is 14.8 Å². The van der Waals surface area contributed by atoms with Crippen LogP contribution in [-0.4, -0.2) is 31.6 Å². The van der Waals surface area contributed by atoms with Crippen molar-refractivity contribution in [2.45, 2.75) is 32.6 Å². The maximum Gasteiger partial charge on any atom is 0.344 e. The third-order valence-electron chi connectivity index (χ3n) is 4.07. The van der Waals surface area contributed by atoms with Crippen molar-refractivity contribution in [3.63, 3.8) is 0 Å². The molecule has 2 aromatic rings. The van der Waals surface area contributed by atoms with Gasteiger partial charge in [-0.25, -0.2) is 4.79 Å². The Kier molecular flexibility index (Phi) is 8.36. The van der Waals surface area contributed by atoms with Crippen LogP contribution >= 0.6 is 0 Å². The highest BCUT2D eigenvalue weighted by Gasteiger charge is 2.08. The molecule has 0 bridgehead atoms. The number of hydrogen-bond acceptors (Lipinski definition) is 4. The van der Waals surface area contributed by atoms with E-state index in [1.54, 1.807) is 0 Å². The van der Waals surface area contributed by atoms with Gasteiger partial charge in [0.25, 0.3) is 5.91 Å². The van der Waals surface area contributed by atoms with Gasteiger partial charge in [0.2, 0.25) is 0 Å². The van der Waals surface area contributed by atoms with E-state index >= 15 is 0 Å². The molecule has 1 amide bonds. The van der Waals surface area contributed by atoms with Crippen LogP contribution in [0, 0.1) is 0 Å². The van der Waals surface area contributed by atoms with Crippen molar-refractivity contribution in [2.24, 2.45) is 0 Å². The Labute approximate surface area is 160 Å². The first-order chi connectivity index (χ1) is 13.0. The van der Waals surface area contributed by atoms with Crippen LogP contribution < -0.4 is 10.1 Å². The van der Waals surface area contributed by atoms with Crippen LogP contribution in [0.2, 0.25) is 0 Å². The Morgan fingerprint density at radius 3 is 2.33 bits per heavy atom.